The van der Waals surface area contributed by atoms with Gasteiger partial charge in [0.1, 0.15) is 18.5 Å². The molecule has 1 atom stereocenters. The highest BCUT2D eigenvalue weighted by Crippen LogP contribution is 2.22. The Morgan fingerprint density at radius 1 is 1.14 bits per heavy atom. The molecule has 0 aliphatic carbocycles. The van der Waals surface area contributed by atoms with Crippen molar-refractivity contribution in [3.63, 3.8) is 0 Å². The van der Waals surface area contributed by atoms with Crippen LogP contribution in [-0.4, -0.2) is 95.6 Å². The molecular weight excluding hydrogens is 354 g/mol. The van der Waals surface area contributed by atoms with E-state index in [1.165, 1.54) is 5.56 Å². The molecule has 2 saturated heterocycles. The maximum atomic E-state index is 10.3. The average Bonchev–Trinajstić information content (AvgIpc) is 2.65. The van der Waals surface area contributed by atoms with Gasteiger partial charge in [-0.05, 0) is 51.4 Å². The molecule has 0 saturated carbocycles. The van der Waals surface area contributed by atoms with Gasteiger partial charge in [-0.2, -0.15) is 0 Å². The average molecular weight is 392 g/mol. The van der Waals surface area contributed by atoms with Gasteiger partial charge >= 0.3 is 0 Å². The highest BCUT2D eigenvalue weighted by Gasteiger charge is 2.30. The Labute approximate surface area is 169 Å². The second-order valence-corrected chi connectivity index (χ2v) is 9.09. The van der Waals surface area contributed by atoms with Crippen molar-refractivity contribution in [1.29, 1.82) is 0 Å². The molecule has 1 aromatic rings. The van der Waals surface area contributed by atoms with E-state index >= 15 is 0 Å². The zero-order valence-corrected chi connectivity index (χ0v) is 17.7. The molecule has 2 heterocycles. The number of aliphatic hydroxyl groups is 2. The van der Waals surface area contributed by atoms with Crippen molar-refractivity contribution in [2.24, 2.45) is 0 Å². The van der Waals surface area contributed by atoms with Gasteiger partial charge in [-0.1, -0.05) is 12.1 Å². The Kier molecular flexibility index (Phi) is 7.34. The number of piperazine rings is 1. The first kappa shape index (κ1) is 21.5. The standard InChI is InChI=1S/C22H37N3O3/c1-22(2)17-25(12-11-23(22)3)14-18-5-4-6-21(13-18)28-16-20(27)15-24-9-7-19(26)8-10-24/h4-6,13,19-20,26-27H,7-12,14-17H2,1-3H3/t20-/m1/s1. The van der Waals surface area contributed by atoms with Crippen molar-refractivity contribution < 1.29 is 14.9 Å². The third-order valence-corrected chi connectivity index (χ3v) is 6.17. The number of ether oxygens (including phenoxy) is 1. The van der Waals surface area contributed by atoms with E-state index in [0.717, 1.165) is 57.9 Å². The monoisotopic (exact) mass is 391 g/mol. The number of piperidine rings is 1. The predicted molar refractivity (Wildman–Crippen MR) is 112 cm³/mol. The topological polar surface area (TPSA) is 59.4 Å². The molecule has 0 spiro atoms. The third-order valence-electron chi connectivity index (χ3n) is 6.17. The van der Waals surface area contributed by atoms with Gasteiger partial charge in [0, 0.05) is 51.4 Å². The zero-order chi connectivity index (χ0) is 20.1. The Hall–Kier alpha value is -1.18. The quantitative estimate of drug-likeness (QED) is 0.733. The molecule has 0 amide bonds. The van der Waals surface area contributed by atoms with Crippen LogP contribution in [0.3, 0.4) is 0 Å². The highest BCUT2D eigenvalue weighted by atomic mass is 16.5. The van der Waals surface area contributed by atoms with Gasteiger partial charge in [-0.15, -0.1) is 0 Å². The number of aliphatic hydroxyl groups excluding tert-OH is 2. The molecule has 2 N–H and O–H groups in total. The van der Waals surface area contributed by atoms with Gasteiger partial charge in [-0.25, -0.2) is 0 Å². The molecule has 3 rings (SSSR count). The van der Waals surface area contributed by atoms with E-state index in [9.17, 15) is 10.2 Å². The Balaban J connectivity index is 1.45. The van der Waals surface area contributed by atoms with Crippen LogP contribution in [0.1, 0.15) is 32.3 Å². The molecule has 0 aromatic heterocycles. The van der Waals surface area contributed by atoms with Crippen LogP contribution >= 0.6 is 0 Å². The number of hydrogen-bond acceptors (Lipinski definition) is 6. The van der Waals surface area contributed by atoms with Crippen LogP contribution in [0.25, 0.3) is 0 Å². The SMILES string of the molecule is CN1CCN(Cc2cccc(OC[C@H](O)CN3CCC(O)CC3)c2)CC1(C)C. The molecule has 28 heavy (non-hydrogen) atoms. The van der Waals surface area contributed by atoms with E-state index in [1.54, 1.807) is 0 Å². The number of benzene rings is 1. The summed E-state index contributed by atoms with van der Waals surface area (Å²) in [6, 6.07) is 8.23. The molecule has 0 radical (unpaired) electrons. The number of likely N-dealkylation sites (tertiary alicyclic amines) is 1. The second kappa shape index (κ2) is 9.55. The number of nitrogens with zero attached hydrogens (tertiary/aromatic N) is 3. The normalized spacial score (nSPS) is 23.6. The first-order valence-electron chi connectivity index (χ1n) is 10.6. The summed E-state index contributed by atoms with van der Waals surface area (Å²) in [5.74, 6) is 0.819. The number of hydrogen-bond donors (Lipinski definition) is 2. The van der Waals surface area contributed by atoms with Gasteiger partial charge in [0.25, 0.3) is 0 Å². The Morgan fingerprint density at radius 2 is 1.89 bits per heavy atom. The minimum absolute atomic E-state index is 0.182. The van der Waals surface area contributed by atoms with E-state index in [0.29, 0.717) is 13.2 Å². The molecule has 2 aliphatic rings. The molecule has 158 valence electrons. The number of β-amino-alcohol motifs (C(OH)–C–C–N with tert-alkyl or cyclic N) is 1. The second-order valence-electron chi connectivity index (χ2n) is 9.09. The summed E-state index contributed by atoms with van der Waals surface area (Å²) >= 11 is 0. The predicted octanol–water partition coefficient (Wildman–Crippen LogP) is 1.41. The first-order chi connectivity index (χ1) is 13.3. The van der Waals surface area contributed by atoms with Crippen LogP contribution in [0.5, 0.6) is 5.75 Å². The number of likely N-dealkylation sites (N-methyl/N-ethyl adjacent to an activating group) is 1. The molecule has 6 nitrogen and oxygen atoms in total. The summed E-state index contributed by atoms with van der Waals surface area (Å²) < 4.78 is 5.87. The summed E-state index contributed by atoms with van der Waals surface area (Å²) in [5.41, 5.74) is 1.44. The molecule has 6 heteroatoms. The van der Waals surface area contributed by atoms with Crippen LogP contribution in [0.2, 0.25) is 0 Å². The lowest BCUT2D eigenvalue weighted by Gasteiger charge is -2.45. The lowest BCUT2D eigenvalue weighted by atomic mass is 9.99. The smallest absolute Gasteiger partial charge is 0.119 e. The molecule has 2 fully saturated rings. The molecule has 2 aliphatic heterocycles. The van der Waals surface area contributed by atoms with Gasteiger partial charge in [0.15, 0.2) is 0 Å². The van der Waals surface area contributed by atoms with Gasteiger partial charge in [0.05, 0.1) is 6.10 Å². The molecule has 0 bridgehead atoms. The van der Waals surface area contributed by atoms with Crippen LogP contribution in [0.4, 0.5) is 0 Å². The fourth-order valence-electron chi connectivity index (χ4n) is 4.11. The summed E-state index contributed by atoms with van der Waals surface area (Å²) in [4.78, 5) is 7.12. The largest absolute Gasteiger partial charge is 0.491 e. The zero-order valence-electron chi connectivity index (χ0n) is 17.7. The van der Waals surface area contributed by atoms with E-state index < -0.39 is 6.10 Å². The van der Waals surface area contributed by atoms with E-state index in [1.807, 2.05) is 12.1 Å². The lowest BCUT2D eigenvalue weighted by molar-refractivity contribution is 0.0333. The van der Waals surface area contributed by atoms with Gasteiger partial charge in [0.2, 0.25) is 0 Å². The lowest BCUT2D eigenvalue weighted by Crippen LogP contribution is -2.57. The van der Waals surface area contributed by atoms with Crippen LogP contribution < -0.4 is 4.74 Å². The minimum atomic E-state index is -0.516. The fourth-order valence-corrected chi connectivity index (χ4v) is 4.11. The first-order valence-corrected chi connectivity index (χ1v) is 10.6. The molecule has 1 aromatic carbocycles. The van der Waals surface area contributed by atoms with Crippen molar-refractivity contribution in [2.45, 2.75) is 51.0 Å². The van der Waals surface area contributed by atoms with Crippen molar-refractivity contribution in [3.05, 3.63) is 29.8 Å². The van der Waals surface area contributed by atoms with Gasteiger partial charge in [-0.3, -0.25) is 9.80 Å². The third kappa shape index (κ3) is 6.16. The molecular formula is C22H37N3O3. The number of rotatable bonds is 7. The van der Waals surface area contributed by atoms with E-state index in [4.69, 9.17) is 4.74 Å². The van der Waals surface area contributed by atoms with Crippen LogP contribution in [0, 0.1) is 0 Å². The van der Waals surface area contributed by atoms with Crippen molar-refractivity contribution in [1.82, 2.24) is 14.7 Å². The van der Waals surface area contributed by atoms with Crippen molar-refractivity contribution >= 4 is 0 Å². The summed E-state index contributed by atoms with van der Waals surface area (Å²) in [7, 11) is 2.20. The maximum absolute atomic E-state index is 10.3. The summed E-state index contributed by atoms with van der Waals surface area (Å²) in [6.07, 6.45) is 0.882. The highest BCUT2D eigenvalue weighted by molar-refractivity contribution is 5.28. The van der Waals surface area contributed by atoms with Gasteiger partial charge < -0.3 is 19.8 Å². The maximum Gasteiger partial charge on any atom is 0.119 e. The Bertz CT molecular complexity index is 617. The van der Waals surface area contributed by atoms with Crippen molar-refractivity contribution in [2.75, 3.05) is 52.9 Å². The fraction of sp³-hybridized carbons (Fsp3) is 0.727. The summed E-state index contributed by atoms with van der Waals surface area (Å²) in [6.45, 7) is 11.3. The summed E-state index contributed by atoms with van der Waals surface area (Å²) in [5, 5.41) is 19.9. The van der Waals surface area contributed by atoms with E-state index in [-0.39, 0.29) is 11.6 Å². The van der Waals surface area contributed by atoms with Crippen LogP contribution in [0.15, 0.2) is 24.3 Å². The molecule has 0 unspecified atom stereocenters. The van der Waals surface area contributed by atoms with Crippen molar-refractivity contribution in [3.8, 4) is 5.75 Å². The minimum Gasteiger partial charge on any atom is -0.491 e. The van der Waals surface area contributed by atoms with Crippen LogP contribution in [-0.2, 0) is 6.54 Å². The van der Waals surface area contributed by atoms with E-state index in [2.05, 4.69) is 47.7 Å². The Morgan fingerprint density at radius 3 is 2.61 bits per heavy atom.